The number of fused-ring (bicyclic) bond motifs is 1. The molecule has 0 spiro atoms. The highest BCUT2D eigenvalue weighted by atomic mass is 32.2. The van der Waals surface area contributed by atoms with Crippen molar-refractivity contribution in [3.05, 3.63) is 35.9 Å². The summed E-state index contributed by atoms with van der Waals surface area (Å²) in [6, 6.07) is 8.54. The number of amidine groups is 1. The topological polar surface area (TPSA) is 91.6 Å². The second-order valence-corrected chi connectivity index (χ2v) is 7.19. The third-order valence-electron chi connectivity index (χ3n) is 4.35. The van der Waals surface area contributed by atoms with Crippen molar-refractivity contribution in [2.45, 2.75) is 42.9 Å². The largest absolute Gasteiger partial charge is 0.465 e. The van der Waals surface area contributed by atoms with Crippen LogP contribution in [0.1, 0.15) is 12.0 Å². The normalized spacial score (nSPS) is 30.6. The van der Waals surface area contributed by atoms with E-state index in [4.69, 9.17) is 14.6 Å². The fourth-order valence-corrected chi connectivity index (χ4v) is 4.12. The van der Waals surface area contributed by atoms with Gasteiger partial charge in [-0.2, -0.15) is 0 Å². The van der Waals surface area contributed by atoms with Crippen LogP contribution in [0, 0.1) is 0 Å². The van der Waals surface area contributed by atoms with Gasteiger partial charge in [0.05, 0.1) is 12.7 Å². The standard InChI is InChI=1S/C17H21FN2O5S/c1-20(17(22)23)16-19-13-12(18)14(11(7-8-21)25-15(13)26-16)24-9-10-5-3-2-4-6-10/h2-6,11-15,21H,7-9H2,1H3,(H,22,23)/t11-,12+,13-,14-,15-/m1/s1. The van der Waals surface area contributed by atoms with Crippen LogP contribution in [0.5, 0.6) is 0 Å². The molecule has 2 aliphatic rings. The van der Waals surface area contributed by atoms with Crippen LogP contribution < -0.4 is 0 Å². The van der Waals surface area contributed by atoms with Crippen molar-refractivity contribution >= 4 is 23.0 Å². The van der Waals surface area contributed by atoms with Gasteiger partial charge in [0.15, 0.2) is 11.3 Å². The quantitative estimate of drug-likeness (QED) is 0.808. The first-order chi connectivity index (χ1) is 12.5. The molecule has 0 unspecified atom stereocenters. The maximum absolute atomic E-state index is 15.1. The van der Waals surface area contributed by atoms with E-state index in [1.165, 1.54) is 7.05 Å². The van der Waals surface area contributed by atoms with Gasteiger partial charge in [0.25, 0.3) is 0 Å². The highest BCUT2D eigenvalue weighted by Crippen LogP contribution is 2.40. The lowest BCUT2D eigenvalue weighted by Gasteiger charge is -2.39. The molecule has 2 heterocycles. The van der Waals surface area contributed by atoms with E-state index >= 15 is 4.39 Å². The lowest BCUT2D eigenvalue weighted by Crippen LogP contribution is -2.54. The number of thioether (sulfide) groups is 1. The lowest BCUT2D eigenvalue weighted by molar-refractivity contribution is -0.164. The Morgan fingerprint density at radius 1 is 1.42 bits per heavy atom. The summed E-state index contributed by atoms with van der Waals surface area (Å²) in [4.78, 5) is 16.2. The molecule has 1 saturated heterocycles. The van der Waals surface area contributed by atoms with Crippen molar-refractivity contribution in [3.8, 4) is 0 Å². The summed E-state index contributed by atoms with van der Waals surface area (Å²) in [6.07, 6.45) is -3.91. The Morgan fingerprint density at radius 2 is 2.15 bits per heavy atom. The average Bonchev–Trinajstić information content (AvgIpc) is 3.06. The molecule has 2 N–H and O–H groups in total. The van der Waals surface area contributed by atoms with Crippen LogP contribution in [0.2, 0.25) is 0 Å². The fourth-order valence-electron chi connectivity index (χ4n) is 2.94. The van der Waals surface area contributed by atoms with Gasteiger partial charge in [-0.3, -0.25) is 9.89 Å². The summed E-state index contributed by atoms with van der Waals surface area (Å²) in [5.41, 5.74) is 0.273. The molecule has 26 heavy (non-hydrogen) atoms. The zero-order chi connectivity index (χ0) is 18.7. The van der Waals surface area contributed by atoms with Crippen molar-refractivity contribution in [1.29, 1.82) is 0 Å². The Labute approximate surface area is 154 Å². The molecule has 1 amide bonds. The molecule has 0 aliphatic carbocycles. The van der Waals surface area contributed by atoms with Gasteiger partial charge in [-0.25, -0.2) is 9.18 Å². The first-order valence-corrected chi connectivity index (χ1v) is 9.16. The summed E-state index contributed by atoms with van der Waals surface area (Å²) in [5.74, 6) is 0. The molecule has 0 radical (unpaired) electrons. The highest BCUT2D eigenvalue weighted by Gasteiger charge is 2.51. The van der Waals surface area contributed by atoms with E-state index in [2.05, 4.69) is 4.99 Å². The summed E-state index contributed by atoms with van der Waals surface area (Å²) in [6.45, 7) is 0.0563. The third kappa shape index (κ3) is 4.01. The number of benzene rings is 1. The minimum atomic E-state index is -1.46. The van der Waals surface area contributed by atoms with E-state index in [1.54, 1.807) is 0 Å². The minimum Gasteiger partial charge on any atom is -0.465 e. The van der Waals surface area contributed by atoms with Gasteiger partial charge in [-0.15, -0.1) is 0 Å². The number of hydrogen-bond donors (Lipinski definition) is 2. The second kappa shape index (κ2) is 8.34. The van der Waals surface area contributed by atoms with Crippen molar-refractivity contribution in [2.24, 2.45) is 4.99 Å². The minimum absolute atomic E-state index is 0.159. The van der Waals surface area contributed by atoms with E-state index in [0.29, 0.717) is 0 Å². The molecule has 1 aromatic carbocycles. The van der Waals surface area contributed by atoms with Gasteiger partial charge < -0.3 is 19.7 Å². The fraction of sp³-hybridized carbons (Fsp3) is 0.529. The molecule has 5 atom stereocenters. The number of carbonyl (C=O) groups is 1. The van der Waals surface area contributed by atoms with Gasteiger partial charge in [0.1, 0.15) is 17.6 Å². The lowest BCUT2D eigenvalue weighted by atomic mass is 9.97. The van der Waals surface area contributed by atoms with Crippen LogP contribution in [-0.4, -0.2) is 69.9 Å². The van der Waals surface area contributed by atoms with Crippen LogP contribution in [0.3, 0.4) is 0 Å². The van der Waals surface area contributed by atoms with Crippen LogP contribution in [0.25, 0.3) is 0 Å². The Bertz CT molecular complexity index is 662. The number of hydrogen-bond acceptors (Lipinski definition) is 6. The van der Waals surface area contributed by atoms with Crippen LogP contribution in [0.15, 0.2) is 35.3 Å². The number of alkyl halides is 1. The molecule has 142 valence electrons. The molecular weight excluding hydrogens is 363 g/mol. The first kappa shape index (κ1) is 19.1. The van der Waals surface area contributed by atoms with E-state index in [1.807, 2.05) is 30.3 Å². The number of carboxylic acid groups (broad SMARTS) is 1. The smallest absolute Gasteiger partial charge is 0.413 e. The molecule has 0 saturated carbocycles. The Hall–Kier alpha value is -1.68. The molecule has 7 nitrogen and oxygen atoms in total. The van der Waals surface area contributed by atoms with Crippen molar-refractivity contribution in [2.75, 3.05) is 13.7 Å². The second-order valence-electron chi connectivity index (χ2n) is 6.12. The van der Waals surface area contributed by atoms with Crippen molar-refractivity contribution in [3.63, 3.8) is 0 Å². The third-order valence-corrected chi connectivity index (χ3v) is 5.56. The van der Waals surface area contributed by atoms with Crippen molar-refractivity contribution < 1.29 is 28.9 Å². The van der Waals surface area contributed by atoms with Gasteiger partial charge in [-0.1, -0.05) is 42.1 Å². The summed E-state index contributed by atoms with van der Waals surface area (Å²) in [7, 11) is 1.35. The number of amides is 1. The number of rotatable bonds is 5. The number of aliphatic hydroxyl groups excluding tert-OH is 1. The Kier molecular flexibility index (Phi) is 6.13. The SMILES string of the molecule is CN(C(=O)O)C1=N[C@@H]2[C@H](F)[C@H](OCc3ccccc3)[C@@H](CCO)O[C@@H]2S1. The summed E-state index contributed by atoms with van der Waals surface area (Å²) in [5, 5.41) is 18.6. The van der Waals surface area contributed by atoms with Gasteiger partial charge in [0.2, 0.25) is 0 Å². The van der Waals surface area contributed by atoms with Gasteiger partial charge in [0, 0.05) is 13.7 Å². The van der Waals surface area contributed by atoms with E-state index in [9.17, 15) is 9.90 Å². The monoisotopic (exact) mass is 384 g/mol. The maximum atomic E-state index is 15.1. The van der Waals surface area contributed by atoms with Gasteiger partial charge in [-0.05, 0) is 12.0 Å². The summed E-state index contributed by atoms with van der Waals surface area (Å²) >= 11 is 1.08. The van der Waals surface area contributed by atoms with Crippen LogP contribution in [0.4, 0.5) is 9.18 Å². The Morgan fingerprint density at radius 3 is 2.81 bits per heavy atom. The van der Waals surface area contributed by atoms with Crippen LogP contribution in [-0.2, 0) is 16.1 Å². The number of nitrogens with zero attached hydrogens (tertiary/aromatic N) is 2. The predicted octanol–water partition coefficient (Wildman–Crippen LogP) is 2.10. The molecule has 1 fully saturated rings. The number of ether oxygens (including phenoxy) is 2. The maximum Gasteiger partial charge on any atom is 0.413 e. The molecule has 0 aromatic heterocycles. The molecule has 9 heteroatoms. The van der Waals surface area contributed by atoms with E-state index in [0.717, 1.165) is 22.2 Å². The zero-order valence-corrected chi connectivity index (χ0v) is 15.0. The van der Waals surface area contributed by atoms with E-state index in [-0.39, 0.29) is 24.8 Å². The number of aliphatic imine (C=N–C) groups is 1. The molecule has 0 bridgehead atoms. The molecular formula is C17H21FN2O5S. The highest BCUT2D eigenvalue weighted by molar-refractivity contribution is 8.14. The Balaban J connectivity index is 1.73. The zero-order valence-electron chi connectivity index (χ0n) is 14.2. The van der Waals surface area contributed by atoms with Crippen LogP contribution >= 0.6 is 11.8 Å². The predicted molar refractivity (Wildman–Crippen MR) is 94.9 cm³/mol. The molecule has 3 rings (SSSR count). The molecule has 2 aliphatic heterocycles. The molecule has 1 aromatic rings. The first-order valence-electron chi connectivity index (χ1n) is 8.28. The van der Waals surface area contributed by atoms with Gasteiger partial charge >= 0.3 is 6.09 Å². The number of aliphatic hydroxyl groups is 1. The van der Waals surface area contributed by atoms with Crippen molar-refractivity contribution in [1.82, 2.24) is 4.90 Å². The van der Waals surface area contributed by atoms with E-state index < -0.39 is 36.0 Å². The summed E-state index contributed by atoms with van der Waals surface area (Å²) < 4.78 is 26.8. The average molecular weight is 384 g/mol. The number of halogens is 1.